The molecular formula is C11H11ClN2O2S. The quantitative estimate of drug-likeness (QED) is 0.823. The Kier molecular flexibility index (Phi) is 4.09. The number of halogens is 1. The molecule has 0 radical (unpaired) electrons. The molecule has 0 atom stereocenters. The number of carboxylic acid groups (broad SMARTS) is 1. The van der Waals surface area contributed by atoms with E-state index in [-0.39, 0.29) is 17.3 Å². The number of aromatic carboxylic acids is 1. The molecule has 2 rings (SSSR count). The minimum atomic E-state index is -0.948. The molecule has 0 amide bonds. The number of benzene rings is 1. The lowest BCUT2D eigenvalue weighted by Crippen LogP contribution is -1.94. The summed E-state index contributed by atoms with van der Waals surface area (Å²) in [5, 5.41) is 9.58. The SMILES string of the molecule is Cc1nc(-c2ccccc2N)sc1C(=O)O.Cl. The van der Waals surface area contributed by atoms with Gasteiger partial charge in [0.25, 0.3) is 0 Å². The highest BCUT2D eigenvalue weighted by Crippen LogP contribution is 2.31. The molecule has 0 aliphatic carbocycles. The smallest absolute Gasteiger partial charge is 0.347 e. The van der Waals surface area contributed by atoms with E-state index in [2.05, 4.69) is 4.98 Å². The fourth-order valence-electron chi connectivity index (χ4n) is 1.40. The first-order valence-electron chi connectivity index (χ1n) is 4.65. The van der Waals surface area contributed by atoms with Crippen molar-refractivity contribution in [2.45, 2.75) is 6.92 Å². The maximum Gasteiger partial charge on any atom is 0.347 e. The van der Waals surface area contributed by atoms with E-state index >= 15 is 0 Å². The van der Waals surface area contributed by atoms with Gasteiger partial charge in [-0.3, -0.25) is 0 Å². The molecule has 1 aromatic carbocycles. The van der Waals surface area contributed by atoms with Gasteiger partial charge in [-0.2, -0.15) is 0 Å². The minimum Gasteiger partial charge on any atom is -0.477 e. The summed E-state index contributed by atoms with van der Waals surface area (Å²) in [7, 11) is 0. The number of hydrogen-bond donors (Lipinski definition) is 2. The second-order valence-corrected chi connectivity index (χ2v) is 4.33. The van der Waals surface area contributed by atoms with Crippen LogP contribution >= 0.6 is 23.7 Å². The lowest BCUT2D eigenvalue weighted by atomic mass is 10.2. The Hall–Kier alpha value is -1.59. The topological polar surface area (TPSA) is 76.2 Å². The number of anilines is 1. The molecule has 3 N–H and O–H groups in total. The van der Waals surface area contributed by atoms with Crippen LogP contribution in [0.2, 0.25) is 0 Å². The van der Waals surface area contributed by atoms with E-state index in [4.69, 9.17) is 10.8 Å². The van der Waals surface area contributed by atoms with Gasteiger partial charge in [-0.25, -0.2) is 9.78 Å². The van der Waals surface area contributed by atoms with Gasteiger partial charge < -0.3 is 10.8 Å². The second-order valence-electron chi connectivity index (χ2n) is 3.33. The van der Waals surface area contributed by atoms with Gasteiger partial charge in [-0.15, -0.1) is 23.7 Å². The standard InChI is InChI=1S/C11H10N2O2S.ClH/c1-6-9(11(14)15)16-10(13-6)7-4-2-3-5-8(7)12;/h2-5H,12H2,1H3,(H,14,15);1H. The number of nitrogens with two attached hydrogens (primary N) is 1. The first kappa shape index (κ1) is 13.5. The summed E-state index contributed by atoms with van der Waals surface area (Å²) in [6, 6.07) is 7.28. The monoisotopic (exact) mass is 270 g/mol. The van der Waals surface area contributed by atoms with Crippen LogP contribution in [0, 0.1) is 6.92 Å². The van der Waals surface area contributed by atoms with E-state index in [0.29, 0.717) is 16.4 Å². The number of hydrogen-bond acceptors (Lipinski definition) is 4. The molecule has 1 aromatic heterocycles. The number of aromatic nitrogens is 1. The van der Waals surface area contributed by atoms with Gasteiger partial charge in [0.1, 0.15) is 9.88 Å². The number of rotatable bonds is 2. The predicted octanol–water partition coefficient (Wildman–Crippen LogP) is 2.82. The molecule has 0 aliphatic rings. The number of nitrogens with zero attached hydrogens (tertiary/aromatic N) is 1. The molecule has 0 bridgehead atoms. The Morgan fingerprint density at radius 2 is 2.06 bits per heavy atom. The van der Waals surface area contributed by atoms with Gasteiger partial charge in [0.15, 0.2) is 0 Å². The molecular weight excluding hydrogens is 260 g/mol. The van der Waals surface area contributed by atoms with Crippen LogP contribution in [0.1, 0.15) is 15.4 Å². The third-order valence-corrected chi connectivity index (χ3v) is 3.36. The van der Waals surface area contributed by atoms with Gasteiger partial charge in [0.2, 0.25) is 0 Å². The Labute approximate surface area is 109 Å². The molecule has 0 spiro atoms. The lowest BCUT2D eigenvalue weighted by Gasteiger charge is -1.99. The number of carboxylic acids is 1. The van der Waals surface area contributed by atoms with E-state index in [9.17, 15) is 4.79 Å². The van der Waals surface area contributed by atoms with Gasteiger partial charge in [0, 0.05) is 11.3 Å². The lowest BCUT2D eigenvalue weighted by molar-refractivity contribution is 0.0701. The summed E-state index contributed by atoms with van der Waals surface area (Å²) >= 11 is 1.14. The van der Waals surface area contributed by atoms with Gasteiger partial charge in [-0.05, 0) is 19.1 Å². The molecule has 0 fully saturated rings. The van der Waals surface area contributed by atoms with Crippen molar-refractivity contribution in [3.8, 4) is 10.6 Å². The van der Waals surface area contributed by atoms with Crippen LogP contribution in [0.5, 0.6) is 0 Å². The summed E-state index contributed by atoms with van der Waals surface area (Å²) in [4.78, 5) is 15.4. The number of aryl methyl sites for hydroxylation is 1. The molecule has 2 aromatic rings. The zero-order valence-corrected chi connectivity index (χ0v) is 10.6. The average Bonchev–Trinajstić information content (AvgIpc) is 2.61. The first-order valence-corrected chi connectivity index (χ1v) is 5.47. The van der Waals surface area contributed by atoms with Crippen LogP contribution < -0.4 is 5.73 Å². The fraction of sp³-hybridized carbons (Fsp3) is 0.0909. The van der Waals surface area contributed by atoms with E-state index in [1.54, 1.807) is 13.0 Å². The summed E-state index contributed by atoms with van der Waals surface area (Å²) in [6.07, 6.45) is 0. The number of carbonyl (C=O) groups is 1. The van der Waals surface area contributed by atoms with Crippen molar-refractivity contribution >= 4 is 35.4 Å². The van der Waals surface area contributed by atoms with Crippen LogP contribution in [-0.2, 0) is 0 Å². The van der Waals surface area contributed by atoms with E-state index < -0.39 is 5.97 Å². The Bertz CT molecular complexity index is 554. The summed E-state index contributed by atoms with van der Waals surface area (Å²) in [5.74, 6) is -0.948. The Morgan fingerprint density at radius 3 is 2.59 bits per heavy atom. The van der Waals surface area contributed by atoms with E-state index in [1.807, 2.05) is 18.2 Å². The average molecular weight is 271 g/mol. The molecule has 0 unspecified atom stereocenters. The molecule has 90 valence electrons. The van der Waals surface area contributed by atoms with Gasteiger partial charge in [-0.1, -0.05) is 12.1 Å². The molecule has 0 aliphatic heterocycles. The maximum absolute atomic E-state index is 10.9. The van der Waals surface area contributed by atoms with E-state index in [0.717, 1.165) is 16.9 Å². The van der Waals surface area contributed by atoms with Crippen LogP contribution in [0.25, 0.3) is 10.6 Å². The third-order valence-electron chi connectivity index (χ3n) is 2.18. The Balaban J connectivity index is 0.00000144. The second kappa shape index (κ2) is 5.16. The zero-order valence-electron chi connectivity index (χ0n) is 9.01. The van der Waals surface area contributed by atoms with Crippen molar-refractivity contribution in [1.82, 2.24) is 4.98 Å². The summed E-state index contributed by atoms with van der Waals surface area (Å²) in [6.45, 7) is 1.68. The minimum absolute atomic E-state index is 0. The number of nitrogen functional groups attached to an aromatic ring is 1. The number of thiazole rings is 1. The van der Waals surface area contributed by atoms with Crippen molar-refractivity contribution < 1.29 is 9.90 Å². The van der Waals surface area contributed by atoms with Crippen molar-refractivity contribution in [3.63, 3.8) is 0 Å². The van der Waals surface area contributed by atoms with Crippen molar-refractivity contribution in [2.24, 2.45) is 0 Å². The van der Waals surface area contributed by atoms with Crippen LogP contribution in [0.3, 0.4) is 0 Å². The fourth-order valence-corrected chi connectivity index (χ4v) is 2.35. The molecule has 0 saturated carbocycles. The normalized spacial score (nSPS) is 9.71. The molecule has 17 heavy (non-hydrogen) atoms. The Morgan fingerprint density at radius 1 is 1.41 bits per heavy atom. The molecule has 4 nitrogen and oxygen atoms in total. The number of para-hydroxylation sites is 1. The maximum atomic E-state index is 10.9. The summed E-state index contributed by atoms with van der Waals surface area (Å²) < 4.78 is 0. The molecule has 1 heterocycles. The first-order chi connectivity index (χ1) is 7.59. The van der Waals surface area contributed by atoms with Gasteiger partial charge in [0.05, 0.1) is 5.69 Å². The highest BCUT2D eigenvalue weighted by atomic mass is 35.5. The van der Waals surface area contributed by atoms with Gasteiger partial charge >= 0.3 is 5.97 Å². The van der Waals surface area contributed by atoms with Crippen molar-refractivity contribution in [1.29, 1.82) is 0 Å². The molecule has 6 heteroatoms. The van der Waals surface area contributed by atoms with Crippen LogP contribution in [-0.4, -0.2) is 16.1 Å². The largest absolute Gasteiger partial charge is 0.477 e. The van der Waals surface area contributed by atoms with Crippen molar-refractivity contribution in [3.05, 3.63) is 34.8 Å². The van der Waals surface area contributed by atoms with Crippen LogP contribution in [0.4, 0.5) is 5.69 Å². The molecule has 0 saturated heterocycles. The van der Waals surface area contributed by atoms with Crippen LogP contribution in [0.15, 0.2) is 24.3 Å². The van der Waals surface area contributed by atoms with E-state index in [1.165, 1.54) is 0 Å². The third kappa shape index (κ3) is 2.57. The van der Waals surface area contributed by atoms with Crippen molar-refractivity contribution in [2.75, 3.05) is 5.73 Å². The highest BCUT2D eigenvalue weighted by Gasteiger charge is 2.15. The zero-order chi connectivity index (χ0) is 11.7. The summed E-state index contributed by atoms with van der Waals surface area (Å²) in [5.41, 5.74) is 7.72. The predicted molar refractivity (Wildman–Crippen MR) is 70.9 cm³/mol. The highest BCUT2D eigenvalue weighted by molar-refractivity contribution is 7.17.